The number of furan rings is 1. The van der Waals surface area contributed by atoms with Crippen LogP contribution in [0.4, 0.5) is 5.69 Å². The molecule has 14 heteroatoms. The van der Waals surface area contributed by atoms with Crippen molar-refractivity contribution in [3.05, 3.63) is 104 Å². The van der Waals surface area contributed by atoms with Gasteiger partial charge in [0, 0.05) is 32.7 Å². The maximum Gasteiger partial charge on any atom is 0.338 e. The summed E-state index contributed by atoms with van der Waals surface area (Å²) < 4.78 is 25.2. The van der Waals surface area contributed by atoms with Crippen LogP contribution >= 0.6 is 43.2 Å². The molecule has 0 aliphatic carbocycles. The number of nitrogens with zero attached hydrogens (tertiary/aromatic N) is 3. The van der Waals surface area contributed by atoms with Crippen molar-refractivity contribution in [2.75, 3.05) is 20.8 Å². The molecule has 0 bridgehead atoms. The first-order chi connectivity index (χ1) is 20.6. The lowest BCUT2D eigenvalue weighted by molar-refractivity contribution is -0.384. The predicted octanol–water partition coefficient (Wildman–Crippen LogP) is 5.51. The molecular formula is C29H23Br2N3O8S. The Balaban J connectivity index is 1.66. The number of esters is 1. The van der Waals surface area contributed by atoms with Crippen LogP contribution in [-0.2, 0) is 9.53 Å². The summed E-state index contributed by atoms with van der Waals surface area (Å²) in [6, 6.07) is 10.3. The normalized spacial score (nSPS) is 14.7. The van der Waals surface area contributed by atoms with E-state index in [-0.39, 0.29) is 23.4 Å². The zero-order chi connectivity index (χ0) is 31.0. The molecule has 0 radical (unpaired) electrons. The molecule has 0 saturated carbocycles. The van der Waals surface area contributed by atoms with E-state index in [0.717, 1.165) is 11.3 Å². The fourth-order valence-corrected chi connectivity index (χ4v) is 6.81. The van der Waals surface area contributed by atoms with Crippen LogP contribution in [-0.4, -0.2) is 36.3 Å². The summed E-state index contributed by atoms with van der Waals surface area (Å²) in [6.07, 6.45) is 1.59. The molecule has 0 unspecified atom stereocenters. The van der Waals surface area contributed by atoms with E-state index in [1.165, 1.54) is 30.9 Å². The van der Waals surface area contributed by atoms with Gasteiger partial charge in [0.2, 0.25) is 0 Å². The Morgan fingerprint density at radius 3 is 2.51 bits per heavy atom. The quantitative estimate of drug-likeness (QED) is 0.132. The van der Waals surface area contributed by atoms with Gasteiger partial charge in [-0.1, -0.05) is 27.3 Å². The number of halogens is 2. The molecule has 0 fully saturated rings. The Hall–Kier alpha value is -4.01. The fourth-order valence-electron chi connectivity index (χ4n) is 4.69. The molecule has 0 spiro atoms. The van der Waals surface area contributed by atoms with Gasteiger partial charge in [-0.2, -0.15) is 0 Å². The zero-order valence-electron chi connectivity index (χ0n) is 23.2. The molecule has 1 atom stereocenters. The molecule has 0 N–H and O–H groups in total. The lowest BCUT2D eigenvalue weighted by Crippen LogP contribution is -2.40. The topological polar surface area (TPSA) is 135 Å². The number of carbonyl (C=O) groups is 1. The number of hydrogen-bond donors (Lipinski definition) is 0. The Morgan fingerprint density at radius 2 is 1.86 bits per heavy atom. The van der Waals surface area contributed by atoms with Gasteiger partial charge in [-0.3, -0.25) is 19.5 Å². The van der Waals surface area contributed by atoms with Crippen LogP contribution in [0.5, 0.6) is 11.5 Å². The van der Waals surface area contributed by atoms with Gasteiger partial charge in [0.05, 0.1) is 47.6 Å². The highest BCUT2D eigenvalue weighted by Crippen LogP contribution is 2.41. The van der Waals surface area contributed by atoms with E-state index in [0.29, 0.717) is 58.1 Å². The van der Waals surface area contributed by atoms with Crippen molar-refractivity contribution < 1.29 is 28.3 Å². The molecule has 11 nitrogen and oxygen atoms in total. The van der Waals surface area contributed by atoms with E-state index in [2.05, 4.69) is 36.9 Å². The second-order valence-corrected chi connectivity index (χ2v) is 11.9. The highest BCUT2D eigenvalue weighted by Gasteiger charge is 2.35. The van der Waals surface area contributed by atoms with Crippen LogP contribution in [0.2, 0.25) is 0 Å². The first-order valence-electron chi connectivity index (χ1n) is 12.7. The maximum absolute atomic E-state index is 14.0. The third-order valence-corrected chi connectivity index (χ3v) is 8.97. The molecule has 43 heavy (non-hydrogen) atoms. The highest BCUT2D eigenvalue weighted by molar-refractivity contribution is 9.10. The van der Waals surface area contributed by atoms with Crippen LogP contribution in [0.3, 0.4) is 0 Å². The maximum atomic E-state index is 14.0. The number of hydrogen-bond acceptors (Lipinski definition) is 10. The number of allylic oxidation sites excluding steroid dienone is 1. The summed E-state index contributed by atoms with van der Waals surface area (Å²) in [5.41, 5.74) is 1.37. The summed E-state index contributed by atoms with van der Waals surface area (Å²) in [5, 5.41) is 11.1. The van der Waals surface area contributed by atoms with Gasteiger partial charge < -0.3 is 18.6 Å². The van der Waals surface area contributed by atoms with Crippen LogP contribution in [0.1, 0.15) is 31.2 Å². The number of aromatic nitrogens is 1. The van der Waals surface area contributed by atoms with E-state index in [4.69, 9.17) is 18.6 Å². The van der Waals surface area contributed by atoms with Crippen LogP contribution < -0.4 is 24.4 Å². The molecule has 222 valence electrons. The summed E-state index contributed by atoms with van der Waals surface area (Å²) in [7, 11) is 3.02. The third-order valence-electron chi connectivity index (χ3n) is 6.64. The third kappa shape index (κ3) is 5.69. The Bertz CT molecular complexity index is 1990. The fraction of sp³-hybridized carbons (Fsp3) is 0.207. The van der Waals surface area contributed by atoms with Crippen molar-refractivity contribution in [3.63, 3.8) is 0 Å². The van der Waals surface area contributed by atoms with Gasteiger partial charge in [-0.05, 0) is 65.7 Å². The summed E-state index contributed by atoms with van der Waals surface area (Å²) in [5.74, 6) is 1.14. The van der Waals surface area contributed by atoms with Gasteiger partial charge in [-0.25, -0.2) is 9.79 Å². The van der Waals surface area contributed by atoms with Crippen molar-refractivity contribution in [2.45, 2.75) is 19.9 Å². The molecule has 1 aliphatic rings. The van der Waals surface area contributed by atoms with Gasteiger partial charge in [-0.15, -0.1) is 0 Å². The van der Waals surface area contributed by atoms with Crippen molar-refractivity contribution in [1.82, 2.24) is 4.57 Å². The van der Waals surface area contributed by atoms with Crippen molar-refractivity contribution in [3.8, 4) is 22.8 Å². The molecular weight excluding hydrogens is 710 g/mol. The van der Waals surface area contributed by atoms with E-state index in [1.807, 2.05) is 0 Å². The molecule has 2 aromatic heterocycles. The molecule has 5 rings (SSSR count). The van der Waals surface area contributed by atoms with E-state index in [1.54, 1.807) is 50.3 Å². The molecule has 4 aromatic rings. The first kappa shape index (κ1) is 30.4. The molecule has 0 saturated heterocycles. The van der Waals surface area contributed by atoms with Crippen LogP contribution in [0, 0.1) is 10.1 Å². The number of ether oxygens (including phenoxy) is 3. The number of carbonyl (C=O) groups excluding carboxylic acids is 1. The number of nitro benzene ring substituents is 1. The van der Waals surface area contributed by atoms with Crippen LogP contribution in [0.15, 0.2) is 76.9 Å². The Labute approximate surface area is 265 Å². The average molecular weight is 733 g/mol. The van der Waals surface area contributed by atoms with Crippen molar-refractivity contribution in [1.29, 1.82) is 0 Å². The number of rotatable bonds is 8. The summed E-state index contributed by atoms with van der Waals surface area (Å²) in [4.78, 5) is 42.8. The number of fused-ring (bicyclic) bond motifs is 1. The molecule has 3 heterocycles. The summed E-state index contributed by atoms with van der Waals surface area (Å²) >= 11 is 8.10. The van der Waals surface area contributed by atoms with E-state index < -0.39 is 16.9 Å². The number of non-ortho nitro benzene ring substituents is 1. The van der Waals surface area contributed by atoms with Crippen molar-refractivity contribution >= 4 is 60.9 Å². The zero-order valence-corrected chi connectivity index (χ0v) is 27.2. The summed E-state index contributed by atoms with van der Waals surface area (Å²) in [6.45, 7) is 3.55. The number of thiazole rings is 1. The van der Waals surface area contributed by atoms with Gasteiger partial charge in [0.1, 0.15) is 11.5 Å². The minimum absolute atomic E-state index is 0.0586. The number of benzene rings is 2. The van der Waals surface area contributed by atoms with Gasteiger partial charge in [0.15, 0.2) is 16.3 Å². The highest BCUT2D eigenvalue weighted by atomic mass is 79.9. The Morgan fingerprint density at radius 1 is 1.14 bits per heavy atom. The average Bonchev–Trinajstić information content (AvgIpc) is 3.56. The lowest BCUT2D eigenvalue weighted by Gasteiger charge is -2.26. The standard InChI is InChI=1S/C29H23Br2N3O8S/c1-5-41-28(36)25-14(2)32-29-33(26(25)18-12-22(39-3)23(40-4)13-20(18)31)27(35)24(43-29)11-16-7-9-21(42-16)17-8-6-15(34(37)38)10-19(17)30/h6-13,26H,5H2,1-4H3/b24-11-/t26-/m1/s1. The minimum atomic E-state index is -0.880. The molecule has 2 aromatic carbocycles. The minimum Gasteiger partial charge on any atom is -0.493 e. The first-order valence-corrected chi connectivity index (χ1v) is 15.1. The van der Waals surface area contributed by atoms with E-state index >= 15 is 0 Å². The lowest BCUT2D eigenvalue weighted by atomic mass is 9.95. The molecule has 1 aliphatic heterocycles. The predicted molar refractivity (Wildman–Crippen MR) is 166 cm³/mol. The number of nitro groups is 1. The van der Waals surface area contributed by atoms with E-state index in [9.17, 15) is 19.7 Å². The van der Waals surface area contributed by atoms with Crippen LogP contribution in [0.25, 0.3) is 17.4 Å². The largest absolute Gasteiger partial charge is 0.493 e. The van der Waals surface area contributed by atoms with Gasteiger partial charge >= 0.3 is 5.97 Å². The van der Waals surface area contributed by atoms with Crippen molar-refractivity contribution in [2.24, 2.45) is 4.99 Å². The smallest absolute Gasteiger partial charge is 0.338 e. The number of methoxy groups -OCH3 is 2. The second-order valence-electron chi connectivity index (χ2n) is 9.15. The van der Waals surface area contributed by atoms with Gasteiger partial charge in [0.25, 0.3) is 11.2 Å². The Kier molecular flexibility index (Phi) is 8.71. The second kappa shape index (κ2) is 12.3. The SMILES string of the molecule is CCOC(=O)C1=C(C)N=c2s/c(=C\c3ccc(-c4ccc([N+](=O)[O-])cc4Br)o3)c(=O)n2[C@@H]1c1cc(OC)c(OC)cc1Br. The molecule has 0 amide bonds. The monoisotopic (exact) mass is 731 g/mol.